The first-order valence-electron chi connectivity index (χ1n) is 14.3. The largest absolute Gasteiger partial charge is 0.258 e. The smallest absolute Gasteiger partial charge is 0.101 e. The number of benzene rings is 1. The molecular weight excluding hydrogens is 469 g/mol. The highest BCUT2D eigenvalue weighted by molar-refractivity contribution is 5.73. The lowest BCUT2D eigenvalue weighted by Gasteiger charge is -2.29. The molecule has 0 bridgehead atoms. The van der Waals surface area contributed by atoms with Crippen LogP contribution < -0.4 is 0 Å². The zero-order chi connectivity index (χ0) is 28.7. The molecule has 38 heavy (non-hydrogen) atoms. The van der Waals surface area contributed by atoms with Gasteiger partial charge in [-0.25, -0.2) is 9.37 Å². The van der Waals surface area contributed by atoms with E-state index >= 15 is 0 Å². The van der Waals surface area contributed by atoms with Crippen molar-refractivity contribution in [2.75, 3.05) is 0 Å². The molecule has 210 valence electrons. The highest BCUT2D eigenvalue weighted by atomic mass is 19.1. The van der Waals surface area contributed by atoms with Gasteiger partial charge in [-0.15, -0.1) is 6.58 Å². The number of para-hydroxylation sites is 2. The molecular formula is C34H52FN3. The molecule has 3 rings (SSSR count). The van der Waals surface area contributed by atoms with Crippen molar-refractivity contribution < 1.29 is 4.39 Å². The standard InChI is InChI=1S/C13H26.C12H18FN.C9H8N2/c1-6-9-13(5,10-7-2)11-8-12(3)4;1-8(2)12-11(7-9(3)13)6-5-10(4)14-12;1-7-6-10-8-4-2-3-5-9(8)11-7/h3,6-11H2,1-2,4-5H3;5-6,8-9H,7H2,1-4H3;2-6H,1H3. The first-order valence-corrected chi connectivity index (χ1v) is 14.3. The van der Waals surface area contributed by atoms with Gasteiger partial charge in [0.25, 0.3) is 0 Å². The zero-order valence-electron chi connectivity index (χ0n) is 25.6. The third-order valence-electron chi connectivity index (χ3n) is 6.63. The number of nitrogens with zero attached hydrogens (tertiary/aromatic N) is 3. The van der Waals surface area contributed by atoms with Crippen LogP contribution in [0.4, 0.5) is 4.39 Å². The SMILES string of the molecule is C=C(C)CCC(C)(CCC)CCC.Cc1ccc(CC(C)F)c(C(C)C)n1.Cc1cnc2ccccc2n1. The molecule has 4 heteroatoms. The second kappa shape index (κ2) is 17.1. The third kappa shape index (κ3) is 12.8. The predicted octanol–water partition coefficient (Wildman–Crippen LogP) is 10.3. The second-order valence-corrected chi connectivity index (χ2v) is 11.4. The maximum absolute atomic E-state index is 12.9. The molecule has 1 unspecified atom stereocenters. The summed E-state index contributed by atoms with van der Waals surface area (Å²) in [6.07, 6.45) is 9.35. The Kier molecular flexibility index (Phi) is 15.0. The summed E-state index contributed by atoms with van der Waals surface area (Å²) in [5, 5.41) is 0. The number of rotatable bonds is 10. The Morgan fingerprint density at radius 1 is 0.895 bits per heavy atom. The first kappa shape index (κ1) is 33.4. The van der Waals surface area contributed by atoms with Crippen molar-refractivity contribution in [3.8, 4) is 0 Å². The van der Waals surface area contributed by atoms with Gasteiger partial charge in [-0.05, 0) is 88.5 Å². The molecule has 1 atom stereocenters. The van der Waals surface area contributed by atoms with Gasteiger partial charge in [-0.1, -0.05) is 71.2 Å². The van der Waals surface area contributed by atoms with Gasteiger partial charge in [0.1, 0.15) is 6.17 Å². The summed E-state index contributed by atoms with van der Waals surface area (Å²) in [6, 6.07) is 11.8. The summed E-state index contributed by atoms with van der Waals surface area (Å²) in [4.78, 5) is 13.0. The number of halogens is 1. The van der Waals surface area contributed by atoms with Gasteiger partial charge in [-0.2, -0.15) is 0 Å². The molecule has 3 nitrogen and oxygen atoms in total. The zero-order valence-corrected chi connectivity index (χ0v) is 25.6. The predicted molar refractivity (Wildman–Crippen MR) is 164 cm³/mol. The van der Waals surface area contributed by atoms with Crippen molar-refractivity contribution in [2.45, 2.75) is 119 Å². The Balaban J connectivity index is 0.000000286. The van der Waals surface area contributed by atoms with Crippen molar-refractivity contribution in [3.63, 3.8) is 0 Å². The van der Waals surface area contributed by atoms with Crippen molar-refractivity contribution in [3.05, 3.63) is 77.4 Å². The van der Waals surface area contributed by atoms with E-state index in [4.69, 9.17) is 0 Å². The maximum atomic E-state index is 12.9. The van der Waals surface area contributed by atoms with Crippen LogP contribution >= 0.6 is 0 Å². The van der Waals surface area contributed by atoms with E-state index in [9.17, 15) is 4.39 Å². The van der Waals surface area contributed by atoms with E-state index in [1.54, 1.807) is 13.1 Å². The van der Waals surface area contributed by atoms with Crippen LogP contribution in [0, 0.1) is 19.3 Å². The monoisotopic (exact) mass is 521 g/mol. The molecule has 0 spiro atoms. The van der Waals surface area contributed by atoms with E-state index in [1.807, 2.05) is 50.2 Å². The highest BCUT2D eigenvalue weighted by Gasteiger charge is 2.21. The second-order valence-electron chi connectivity index (χ2n) is 11.4. The minimum absolute atomic E-state index is 0.364. The van der Waals surface area contributed by atoms with Gasteiger partial charge in [0.2, 0.25) is 0 Å². The summed E-state index contributed by atoms with van der Waals surface area (Å²) in [5.41, 5.74) is 7.87. The topological polar surface area (TPSA) is 38.7 Å². The molecule has 0 radical (unpaired) electrons. The van der Waals surface area contributed by atoms with E-state index < -0.39 is 6.17 Å². The van der Waals surface area contributed by atoms with Crippen LogP contribution in [0.25, 0.3) is 11.0 Å². The number of alkyl halides is 1. The molecule has 3 aromatic rings. The highest BCUT2D eigenvalue weighted by Crippen LogP contribution is 2.35. The number of aromatic nitrogens is 3. The van der Waals surface area contributed by atoms with E-state index in [-0.39, 0.29) is 0 Å². The summed E-state index contributed by atoms with van der Waals surface area (Å²) >= 11 is 0. The van der Waals surface area contributed by atoms with E-state index in [0.29, 0.717) is 17.8 Å². The average molecular weight is 522 g/mol. The molecule has 2 aromatic heterocycles. The van der Waals surface area contributed by atoms with Crippen molar-refractivity contribution in [2.24, 2.45) is 5.41 Å². The lowest BCUT2D eigenvalue weighted by Crippen LogP contribution is -2.15. The summed E-state index contributed by atoms with van der Waals surface area (Å²) in [7, 11) is 0. The Morgan fingerprint density at radius 2 is 1.50 bits per heavy atom. The number of pyridine rings is 1. The fourth-order valence-corrected chi connectivity index (χ4v) is 4.73. The molecule has 0 fully saturated rings. The third-order valence-corrected chi connectivity index (χ3v) is 6.63. The van der Waals surface area contributed by atoms with Crippen LogP contribution in [0.5, 0.6) is 0 Å². The molecule has 0 aliphatic rings. The van der Waals surface area contributed by atoms with Crippen molar-refractivity contribution in [1.82, 2.24) is 15.0 Å². The van der Waals surface area contributed by atoms with Gasteiger partial charge in [0, 0.05) is 24.0 Å². The van der Waals surface area contributed by atoms with Crippen molar-refractivity contribution >= 4 is 11.0 Å². The van der Waals surface area contributed by atoms with Gasteiger partial charge in [0.05, 0.1) is 16.7 Å². The van der Waals surface area contributed by atoms with Gasteiger partial charge < -0.3 is 0 Å². The lowest BCUT2D eigenvalue weighted by molar-refractivity contribution is 0.244. The first-order chi connectivity index (χ1) is 17.9. The van der Waals surface area contributed by atoms with E-state index in [1.165, 1.54) is 44.1 Å². The number of hydrogen-bond donors (Lipinski definition) is 0. The number of hydrogen-bond acceptors (Lipinski definition) is 3. The maximum Gasteiger partial charge on any atom is 0.101 e. The number of fused-ring (bicyclic) bond motifs is 1. The van der Waals surface area contributed by atoms with Crippen molar-refractivity contribution in [1.29, 1.82) is 0 Å². The number of aryl methyl sites for hydroxylation is 2. The molecule has 2 heterocycles. The van der Waals surface area contributed by atoms with Crippen LogP contribution in [0.2, 0.25) is 0 Å². The molecule has 0 N–H and O–H groups in total. The fraction of sp³-hybridized carbons (Fsp3) is 0.559. The van der Waals surface area contributed by atoms with Gasteiger partial charge in [-0.3, -0.25) is 9.97 Å². The normalized spacial score (nSPS) is 11.9. The van der Waals surface area contributed by atoms with E-state index in [2.05, 4.69) is 63.1 Å². The Morgan fingerprint density at radius 3 is 2.03 bits per heavy atom. The minimum Gasteiger partial charge on any atom is -0.258 e. The average Bonchev–Trinajstić information content (AvgIpc) is 2.84. The lowest BCUT2D eigenvalue weighted by atomic mass is 9.77. The van der Waals surface area contributed by atoms with Crippen LogP contribution in [0.1, 0.15) is 116 Å². The van der Waals surface area contributed by atoms with E-state index in [0.717, 1.165) is 33.7 Å². The molecule has 1 aromatic carbocycles. The molecule has 0 amide bonds. The van der Waals surface area contributed by atoms with Crippen LogP contribution in [-0.2, 0) is 6.42 Å². The van der Waals surface area contributed by atoms with Crippen LogP contribution in [0.15, 0.2) is 54.7 Å². The molecule has 0 aliphatic carbocycles. The molecule has 0 saturated heterocycles. The summed E-state index contributed by atoms with van der Waals surface area (Å²) in [6.45, 7) is 22.8. The summed E-state index contributed by atoms with van der Waals surface area (Å²) < 4.78 is 12.9. The number of allylic oxidation sites excluding steroid dienone is 1. The Labute approximate surface area is 232 Å². The molecule has 0 saturated carbocycles. The Bertz CT molecular complexity index is 1100. The minimum atomic E-state index is -0.794. The quantitative estimate of drug-likeness (QED) is 0.249. The summed E-state index contributed by atoms with van der Waals surface area (Å²) in [5.74, 6) is 0.364. The van der Waals surface area contributed by atoms with Crippen LogP contribution in [0.3, 0.4) is 0 Å². The molecule has 0 aliphatic heterocycles. The van der Waals surface area contributed by atoms with Gasteiger partial charge in [0.15, 0.2) is 0 Å². The fourth-order valence-electron chi connectivity index (χ4n) is 4.73. The van der Waals surface area contributed by atoms with Gasteiger partial charge >= 0.3 is 0 Å². The van der Waals surface area contributed by atoms with Crippen LogP contribution in [-0.4, -0.2) is 21.1 Å². The Hall–Kier alpha value is -2.62.